The van der Waals surface area contributed by atoms with Crippen molar-refractivity contribution in [2.45, 2.75) is 38.8 Å². The molecule has 1 amide bonds. The van der Waals surface area contributed by atoms with Crippen LogP contribution < -0.4 is 10.6 Å². The van der Waals surface area contributed by atoms with Gasteiger partial charge in [-0.2, -0.15) is 5.10 Å². The van der Waals surface area contributed by atoms with Crippen LogP contribution >= 0.6 is 24.0 Å². The van der Waals surface area contributed by atoms with Gasteiger partial charge < -0.3 is 20.3 Å². The number of aromatic nitrogens is 3. The van der Waals surface area contributed by atoms with Crippen LogP contribution in [0.2, 0.25) is 0 Å². The predicted octanol–water partition coefficient (Wildman–Crippen LogP) is 0.385. The molecule has 0 saturated carbocycles. The second-order valence-electron chi connectivity index (χ2n) is 7.77. The summed E-state index contributed by atoms with van der Waals surface area (Å²) in [4.78, 5) is 25.1. The van der Waals surface area contributed by atoms with Crippen molar-refractivity contribution in [2.24, 2.45) is 4.99 Å². The quantitative estimate of drug-likeness (QED) is 0.226. The molecule has 2 N–H and O–H groups in total. The first-order chi connectivity index (χ1) is 14.0. The van der Waals surface area contributed by atoms with E-state index in [1.54, 1.807) is 19.0 Å². The number of ether oxygens (including phenoxy) is 1. The molecule has 1 atom stereocenters. The normalized spacial score (nSPS) is 19.6. The summed E-state index contributed by atoms with van der Waals surface area (Å²) in [5.41, 5.74) is 0. The molecule has 1 aromatic rings. The number of hydrogen-bond donors (Lipinski definition) is 2. The number of rotatable bonds is 7. The fraction of sp³-hybridized carbons (Fsp3) is 0.789. The van der Waals surface area contributed by atoms with Crippen LogP contribution in [0.25, 0.3) is 0 Å². The van der Waals surface area contributed by atoms with Crippen LogP contribution in [0.15, 0.2) is 4.99 Å². The molecule has 1 saturated heterocycles. The van der Waals surface area contributed by atoms with Gasteiger partial charge in [0.25, 0.3) is 0 Å². The Morgan fingerprint density at radius 2 is 2.07 bits per heavy atom. The maximum atomic E-state index is 12.0. The molecule has 3 heterocycles. The second-order valence-corrected chi connectivity index (χ2v) is 7.77. The summed E-state index contributed by atoms with van der Waals surface area (Å²) in [6.07, 6.45) is 3.00. The lowest BCUT2D eigenvalue weighted by molar-refractivity contribution is -0.127. The van der Waals surface area contributed by atoms with Crippen LogP contribution in [-0.4, -0.2) is 96.5 Å². The summed E-state index contributed by atoms with van der Waals surface area (Å²) in [5.74, 6) is 2.35. The number of nitrogens with zero attached hydrogens (tertiary/aromatic N) is 6. The summed E-state index contributed by atoms with van der Waals surface area (Å²) in [7, 11) is 3.49. The van der Waals surface area contributed by atoms with Crippen LogP contribution in [0.3, 0.4) is 0 Å². The minimum absolute atomic E-state index is 0. The van der Waals surface area contributed by atoms with Gasteiger partial charge in [-0.05, 0) is 32.7 Å². The van der Waals surface area contributed by atoms with Gasteiger partial charge in [0.15, 0.2) is 5.96 Å². The van der Waals surface area contributed by atoms with Gasteiger partial charge in [0.2, 0.25) is 5.91 Å². The highest BCUT2D eigenvalue weighted by molar-refractivity contribution is 14.0. The highest BCUT2D eigenvalue weighted by atomic mass is 127. The molecule has 0 bridgehead atoms. The number of fused-ring (bicyclic) bond motifs is 1. The second kappa shape index (κ2) is 12.4. The molecular formula is C19H35IN8O2. The molecule has 30 heavy (non-hydrogen) atoms. The topological polar surface area (TPSA) is 99.9 Å². The average Bonchev–Trinajstić information content (AvgIpc) is 3.10. The van der Waals surface area contributed by atoms with E-state index in [0.29, 0.717) is 5.96 Å². The molecule has 2 aliphatic heterocycles. The van der Waals surface area contributed by atoms with Gasteiger partial charge in [-0.3, -0.25) is 9.69 Å². The Balaban J connectivity index is 0.00000320. The number of aliphatic imine (C=N–C) groups is 1. The number of guanidine groups is 1. The summed E-state index contributed by atoms with van der Waals surface area (Å²) in [6, 6.07) is 0.0462. The first kappa shape index (κ1) is 24.8. The first-order valence-electron chi connectivity index (χ1n) is 10.5. The Labute approximate surface area is 195 Å². The van der Waals surface area contributed by atoms with Gasteiger partial charge in [-0.15, -0.1) is 24.0 Å². The molecule has 0 aliphatic carbocycles. The van der Waals surface area contributed by atoms with E-state index >= 15 is 0 Å². The minimum Gasteiger partial charge on any atom is -0.379 e. The number of likely N-dealkylation sites (N-methyl/N-ethyl adjacent to an activating group) is 1. The molecular weight excluding hydrogens is 499 g/mol. The number of carbonyl (C=O) groups excluding carboxylic acids is 1. The summed E-state index contributed by atoms with van der Waals surface area (Å²) >= 11 is 0. The van der Waals surface area contributed by atoms with Crippen molar-refractivity contribution >= 4 is 35.8 Å². The SMILES string of the molecule is Cc1nc2n(n1)CCCC2NC(=NCC(=O)N(C)C)NCCCN1CCOCC1.I. The Hall–Kier alpha value is -1.47. The lowest BCUT2D eigenvalue weighted by atomic mass is 10.1. The Kier molecular flexibility index (Phi) is 10.2. The Morgan fingerprint density at radius 1 is 1.30 bits per heavy atom. The van der Waals surface area contributed by atoms with E-state index in [2.05, 4.69) is 30.6 Å². The lowest BCUT2D eigenvalue weighted by Gasteiger charge is -2.27. The van der Waals surface area contributed by atoms with Crippen LogP contribution in [0.1, 0.15) is 37.0 Å². The molecule has 2 aliphatic rings. The number of halogens is 1. The number of hydrogen-bond acceptors (Lipinski definition) is 6. The average molecular weight is 534 g/mol. The standard InChI is InChI=1S/C19H34N8O2.HI/c1-15-22-18-16(6-4-9-27(18)24-15)23-19(21-14-17(28)25(2)3)20-7-5-8-26-10-12-29-13-11-26;/h16H,4-14H2,1-3H3,(H2,20,21,23);1H. The molecule has 0 spiro atoms. The summed E-state index contributed by atoms with van der Waals surface area (Å²) < 4.78 is 7.37. The summed E-state index contributed by atoms with van der Waals surface area (Å²) in [6.45, 7) is 8.36. The van der Waals surface area contributed by atoms with Gasteiger partial charge in [0.1, 0.15) is 18.2 Å². The molecule has 1 fully saturated rings. The minimum atomic E-state index is -0.0259. The van der Waals surface area contributed by atoms with Gasteiger partial charge in [0.05, 0.1) is 19.3 Å². The van der Waals surface area contributed by atoms with Crippen molar-refractivity contribution < 1.29 is 9.53 Å². The Morgan fingerprint density at radius 3 is 2.80 bits per heavy atom. The summed E-state index contributed by atoms with van der Waals surface area (Å²) in [5, 5.41) is 11.3. The largest absolute Gasteiger partial charge is 0.379 e. The van der Waals surface area contributed by atoms with E-state index in [0.717, 1.165) is 76.8 Å². The van der Waals surface area contributed by atoms with E-state index < -0.39 is 0 Å². The van der Waals surface area contributed by atoms with E-state index in [9.17, 15) is 4.79 Å². The van der Waals surface area contributed by atoms with Crippen molar-refractivity contribution in [3.05, 3.63) is 11.6 Å². The number of nitrogens with one attached hydrogen (secondary N) is 2. The maximum absolute atomic E-state index is 12.0. The van der Waals surface area contributed by atoms with Gasteiger partial charge >= 0.3 is 0 Å². The van der Waals surface area contributed by atoms with Gasteiger partial charge in [0, 0.05) is 40.3 Å². The third-order valence-corrected chi connectivity index (χ3v) is 5.21. The number of carbonyl (C=O) groups is 1. The lowest BCUT2D eigenvalue weighted by Crippen LogP contribution is -2.43. The molecule has 3 rings (SSSR count). The van der Waals surface area contributed by atoms with E-state index in [1.165, 1.54) is 0 Å². The molecule has 0 aromatic carbocycles. The third-order valence-electron chi connectivity index (χ3n) is 5.21. The van der Waals surface area contributed by atoms with Crippen molar-refractivity contribution in [2.75, 3.05) is 60.0 Å². The predicted molar refractivity (Wildman–Crippen MR) is 126 cm³/mol. The number of amides is 1. The molecule has 10 nitrogen and oxygen atoms in total. The maximum Gasteiger partial charge on any atom is 0.243 e. The van der Waals surface area contributed by atoms with Crippen LogP contribution in [0.5, 0.6) is 0 Å². The third kappa shape index (κ3) is 7.34. The zero-order valence-electron chi connectivity index (χ0n) is 18.3. The van der Waals surface area contributed by atoms with Crippen molar-refractivity contribution in [3.8, 4) is 0 Å². The van der Waals surface area contributed by atoms with Crippen LogP contribution in [0, 0.1) is 6.92 Å². The van der Waals surface area contributed by atoms with E-state index in [4.69, 9.17) is 4.74 Å². The van der Waals surface area contributed by atoms with Crippen molar-refractivity contribution in [1.29, 1.82) is 0 Å². The highest BCUT2D eigenvalue weighted by Gasteiger charge is 2.24. The fourth-order valence-electron chi connectivity index (χ4n) is 3.55. The molecule has 0 radical (unpaired) electrons. The zero-order valence-corrected chi connectivity index (χ0v) is 20.6. The molecule has 1 unspecified atom stereocenters. The Bertz CT molecular complexity index is 703. The number of aryl methyl sites for hydroxylation is 2. The van der Waals surface area contributed by atoms with Crippen molar-refractivity contribution in [1.82, 2.24) is 35.2 Å². The monoisotopic (exact) mass is 534 g/mol. The fourth-order valence-corrected chi connectivity index (χ4v) is 3.55. The van der Waals surface area contributed by atoms with Gasteiger partial charge in [-0.1, -0.05) is 0 Å². The van der Waals surface area contributed by atoms with E-state index in [-0.39, 0.29) is 42.5 Å². The van der Waals surface area contributed by atoms with Gasteiger partial charge in [-0.25, -0.2) is 14.7 Å². The molecule has 170 valence electrons. The highest BCUT2D eigenvalue weighted by Crippen LogP contribution is 2.22. The smallest absolute Gasteiger partial charge is 0.243 e. The van der Waals surface area contributed by atoms with Crippen LogP contribution in [0.4, 0.5) is 0 Å². The molecule has 1 aromatic heterocycles. The first-order valence-corrected chi connectivity index (χ1v) is 10.5. The van der Waals surface area contributed by atoms with Crippen LogP contribution in [-0.2, 0) is 16.1 Å². The number of morpholine rings is 1. The van der Waals surface area contributed by atoms with E-state index in [1.807, 2.05) is 11.6 Å². The zero-order chi connectivity index (χ0) is 20.6. The van der Waals surface area contributed by atoms with Crippen molar-refractivity contribution in [3.63, 3.8) is 0 Å². The molecule has 11 heteroatoms.